The highest BCUT2D eigenvalue weighted by Crippen LogP contribution is 2.20. The lowest BCUT2D eigenvalue weighted by Crippen LogP contribution is -2.18. The second-order valence-corrected chi connectivity index (χ2v) is 5.99. The molecule has 22 heavy (non-hydrogen) atoms. The molecule has 0 heterocycles. The van der Waals surface area contributed by atoms with E-state index in [2.05, 4.69) is 24.4 Å². The predicted octanol–water partition coefficient (Wildman–Crippen LogP) is 4.88. The van der Waals surface area contributed by atoms with Crippen LogP contribution in [0.1, 0.15) is 41.3 Å². The molecule has 0 spiro atoms. The van der Waals surface area contributed by atoms with Gasteiger partial charge in [-0.15, -0.1) is 0 Å². The smallest absolute Gasteiger partial charge is 0.267 e. The van der Waals surface area contributed by atoms with E-state index in [0.29, 0.717) is 21.5 Å². The van der Waals surface area contributed by atoms with E-state index in [-0.39, 0.29) is 5.91 Å². The number of carbonyl (C=O) groups is 1. The Kier molecular flexibility index (Phi) is 5.58. The van der Waals surface area contributed by atoms with Crippen molar-refractivity contribution in [3.05, 3.63) is 69.2 Å². The summed E-state index contributed by atoms with van der Waals surface area (Å²) in [7, 11) is 0. The van der Waals surface area contributed by atoms with Crippen molar-refractivity contribution in [3.8, 4) is 0 Å². The average molecular weight is 335 g/mol. The van der Waals surface area contributed by atoms with Crippen LogP contribution in [-0.4, -0.2) is 12.1 Å². The fraction of sp³-hybridized carbons (Fsp3) is 0.176. The van der Waals surface area contributed by atoms with Gasteiger partial charge in [0.15, 0.2) is 0 Å². The maximum Gasteiger partial charge on any atom is 0.272 e. The molecule has 114 valence electrons. The Labute approximate surface area is 139 Å². The van der Waals surface area contributed by atoms with Crippen molar-refractivity contribution in [2.45, 2.75) is 19.8 Å². The van der Waals surface area contributed by atoms with Crippen molar-refractivity contribution in [3.63, 3.8) is 0 Å². The summed E-state index contributed by atoms with van der Waals surface area (Å²) in [5.74, 6) is 0.106. The lowest BCUT2D eigenvalue weighted by molar-refractivity contribution is 0.0955. The SMILES string of the molecule is CC(C)c1ccc(/C=N\NC(=O)c2ccc(Cl)cc2Cl)cc1. The monoisotopic (exact) mass is 334 g/mol. The highest BCUT2D eigenvalue weighted by atomic mass is 35.5. The molecule has 0 bridgehead atoms. The summed E-state index contributed by atoms with van der Waals surface area (Å²) in [6.45, 7) is 4.28. The summed E-state index contributed by atoms with van der Waals surface area (Å²) >= 11 is 11.8. The number of nitrogens with one attached hydrogen (secondary N) is 1. The summed E-state index contributed by atoms with van der Waals surface area (Å²) in [5, 5.41) is 4.71. The Morgan fingerprint density at radius 3 is 2.41 bits per heavy atom. The van der Waals surface area contributed by atoms with Crippen LogP contribution < -0.4 is 5.43 Å². The number of hydrogen-bond donors (Lipinski definition) is 1. The molecule has 2 aromatic carbocycles. The minimum Gasteiger partial charge on any atom is -0.267 e. The minimum atomic E-state index is -0.378. The molecule has 3 nitrogen and oxygen atoms in total. The molecule has 0 aromatic heterocycles. The van der Waals surface area contributed by atoms with Gasteiger partial charge in [-0.2, -0.15) is 5.10 Å². The van der Waals surface area contributed by atoms with Crippen LogP contribution in [0.5, 0.6) is 0 Å². The van der Waals surface area contributed by atoms with Crippen molar-refractivity contribution in [2.75, 3.05) is 0 Å². The molecule has 0 saturated heterocycles. The first-order valence-electron chi connectivity index (χ1n) is 6.86. The molecule has 2 aromatic rings. The molecule has 1 N–H and O–H groups in total. The van der Waals surface area contributed by atoms with E-state index in [0.717, 1.165) is 5.56 Å². The summed E-state index contributed by atoms with van der Waals surface area (Å²) in [5.41, 5.74) is 4.95. The van der Waals surface area contributed by atoms with Crippen molar-refractivity contribution in [2.24, 2.45) is 5.10 Å². The van der Waals surface area contributed by atoms with Gasteiger partial charge in [0.1, 0.15) is 0 Å². The maximum absolute atomic E-state index is 12.0. The third-order valence-electron chi connectivity index (χ3n) is 3.16. The van der Waals surface area contributed by atoms with Gasteiger partial charge in [0.05, 0.1) is 16.8 Å². The number of hydrogen-bond acceptors (Lipinski definition) is 2. The lowest BCUT2D eigenvalue weighted by Gasteiger charge is -2.05. The standard InChI is InChI=1S/C17H16Cl2N2O/c1-11(2)13-5-3-12(4-6-13)10-20-21-17(22)15-8-7-14(18)9-16(15)19/h3-11H,1-2H3,(H,21,22)/b20-10-. The van der Waals surface area contributed by atoms with Crippen molar-refractivity contribution >= 4 is 35.3 Å². The highest BCUT2D eigenvalue weighted by Gasteiger charge is 2.09. The normalized spacial score (nSPS) is 11.1. The summed E-state index contributed by atoms with van der Waals surface area (Å²) in [4.78, 5) is 12.0. The van der Waals surface area contributed by atoms with E-state index < -0.39 is 0 Å². The van der Waals surface area contributed by atoms with Gasteiger partial charge in [0, 0.05) is 5.02 Å². The van der Waals surface area contributed by atoms with Gasteiger partial charge < -0.3 is 0 Å². The molecule has 2 rings (SSSR count). The van der Waals surface area contributed by atoms with Crippen LogP contribution in [0.3, 0.4) is 0 Å². The van der Waals surface area contributed by atoms with E-state index in [1.807, 2.05) is 24.3 Å². The molecule has 0 aliphatic rings. The molecular weight excluding hydrogens is 319 g/mol. The third-order valence-corrected chi connectivity index (χ3v) is 3.71. The lowest BCUT2D eigenvalue weighted by atomic mass is 10.0. The zero-order chi connectivity index (χ0) is 16.1. The molecule has 0 atom stereocenters. The first-order valence-corrected chi connectivity index (χ1v) is 7.61. The van der Waals surface area contributed by atoms with Gasteiger partial charge in [-0.1, -0.05) is 61.3 Å². The topological polar surface area (TPSA) is 41.5 Å². The van der Waals surface area contributed by atoms with E-state index >= 15 is 0 Å². The van der Waals surface area contributed by atoms with Gasteiger partial charge in [0.2, 0.25) is 0 Å². The summed E-state index contributed by atoms with van der Waals surface area (Å²) in [6, 6.07) is 12.7. The van der Waals surface area contributed by atoms with Gasteiger partial charge in [-0.05, 0) is 35.2 Å². The van der Waals surface area contributed by atoms with E-state index in [1.165, 1.54) is 11.6 Å². The van der Waals surface area contributed by atoms with Gasteiger partial charge in [-0.3, -0.25) is 4.79 Å². The fourth-order valence-electron chi connectivity index (χ4n) is 1.87. The van der Waals surface area contributed by atoms with E-state index in [4.69, 9.17) is 23.2 Å². The molecule has 0 fully saturated rings. The van der Waals surface area contributed by atoms with Crippen LogP contribution in [0.2, 0.25) is 10.0 Å². The first kappa shape index (κ1) is 16.5. The Morgan fingerprint density at radius 1 is 1.14 bits per heavy atom. The number of amides is 1. The zero-order valence-corrected chi connectivity index (χ0v) is 13.8. The predicted molar refractivity (Wildman–Crippen MR) is 92.1 cm³/mol. The number of halogens is 2. The van der Waals surface area contributed by atoms with E-state index in [9.17, 15) is 4.79 Å². The van der Waals surface area contributed by atoms with Gasteiger partial charge in [-0.25, -0.2) is 5.43 Å². The Balaban J connectivity index is 2.01. The molecule has 0 saturated carbocycles. The van der Waals surface area contributed by atoms with E-state index in [1.54, 1.807) is 18.3 Å². The van der Waals surface area contributed by atoms with Crippen LogP contribution in [0.25, 0.3) is 0 Å². The van der Waals surface area contributed by atoms with Crippen molar-refractivity contribution in [1.82, 2.24) is 5.43 Å². The molecular formula is C17H16Cl2N2O. The van der Waals surface area contributed by atoms with Gasteiger partial charge in [0.25, 0.3) is 5.91 Å². The molecule has 0 radical (unpaired) electrons. The number of rotatable bonds is 4. The number of benzene rings is 2. The number of hydrazone groups is 1. The average Bonchev–Trinajstić information content (AvgIpc) is 2.47. The summed E-state index contributed by atoms with van der Waals surface area (Å²) < 4.78 is 0. The Hall–Kier alpha value is -1.84. The molecule has 1 amide bonds. The number of carbonyl (C=O) groups excluding carboxylic acids is 1. The van der Waals surface area contributed by atoms with Crippen molar-refractivity contribution in [1.29, 1.82) is 0 Å². The minimum absolute atomic E-state index is 0.293. The highest BCUT2D eigenvalue weighted by molar-refractivity contribution is 6.36. The maximum atomic E-state index is 12.0. The van der Waals surface area contributed by atoms with Crippen LogP contribution >= 0.6 is 23.2 Å². The second kappa shape index (κ2) is 7.43. The molecule has 0 aliphatic heterocycles. The first-order chi connectivity index (χ1) is 10.5. The van der Waals surface area contributed by atoms with Crippen LogP contribution in [-0.2, 0) is 0 Å². The van der Waals surface area contributed by atoms with Crippen molar-refractivity contribution < 1.29 is 4.79 Å². The second-order valence-electron chi connectivity index (χ2n) is 5.14. The fourth-order valence-corrected chi connectivity index (χ4v) is 2.36. The Morgan fingerprint density at radius 2 is 1.82 bits per heavy atom. The quantitative estimate of drug-likeness (QED) is 0.628. The van der Waals surface area contributed by atoms with Crippen LogP contribution in [0, 0.1) is 0 Å². The summed E-state index contributed by atoms with van der Waals surface area (Å²) in [6.07, 6.45) is 1.59. The van der Waals surface area contributed by atoms with Crippen LogP contribution in [0.15, 0.2) is 47.6 Å². The molecule has 5 heteroatoms. The zero-order valence-electron chi connectivity index (χ0n) is 12.3. The molecule has 0 unspecified atom stereocenters. The Bertz CT molecular complexity index is 694. The van der Waals surface area contributed by atoms with Gasteiger partial charge >= 0.3 is 0 Å². The largest absolute Gasteiger partial charge is 0.272 e. The van der Waals surface area contributed by atoms with Crippen LogP contribution in [0.4, 0.5) is 0 Å². The number of nitrogens with zero attached hydrogens (tertiary/aromatic N) is 1. The molecule has 0 aliphatic carbocycles. The third kappa shape index (κ3) is 4.33.